The molecule has 4 heterocycles. The van der Waals surface area contributed by atoms with Crippen LogP contribution in [0.2, 0.25) is 5.15 Å². The third kappa shape index (κ3) is 4.30. The third-order valence-electron chi connectivity index (χ3n) is 4.61. The molecule has 10 heteroatoms. The van der Waals surface area contributed by atoms with Gasteiger partial charge in [0.15, 0.2) is 5.65 Å². The molecule has 0 aromatic carbocycles. The third-order valence-corrected chi connectivity index (χ3v) is 4.80. The first-order valence-corrected chi connectivity index (χ1v) is 9.92. The maximum absolute atomic E-state index is 14.6. The molecule has 0 bridgehead atoms. The van der Waals surface area contributed by atoms with E-state index in [1.165, 1.54) is 4.90 Å². The van der Waals surface area contributed by atoms with Crippen LogP contribution >= 0.6 is 11.6 Å². The van der Waals surface area contributed by atoms with Crippen molar-refractivity contribution in [3.05, 3.63) is 41.9 Å². The van der Waals surface area contributed by atoms with Gasteiger partial charge in [-0.1, -0.05) is 17.7 Å². The summed E-state index contributed by atoms with van der Waals surface area (Å²) in [5.74, 6) is 0.501. The van der Waals surface area contributed by atoms with E-state index in [1.54, 1.807) is 49.8 Å². The average Bonchev–Trinajstić information content (AvgIpc) is 3.24. The number of carbonyl (C=O) groups excluding carboxylic acids is 1. The number of hydrogen-bond acceptors (Lipinski definition) is 6. The number of rotatable bonds is 3. The van der Waals surface area contributed by atoms with Gasteiger partial charge in [0, 0.05) is 12.7 Å². The molecule has 1 amide bonds. The summed E-state index contributed by atoms with van der Waals surface area (Å²) in [4.78, 5) is 26.5. The summed E-state index contributed by atoms with van der Waals surface area (Å²) in [6.07, 6.45) is 3.16. The molecule has 1 aliphatic heterocycles. The summed E-state index contributed by atoms with van der Waals surface area (Å²) >= 11 is 6.00. The highest BCUT2D eigenvalue weighted by molar-refractivity contribution is 6.29. The highest BCUT2D eigenvalue weighted by Gasteiger charge is 2.37. The fraction of sp³-hybridized carbons (Fsp3) is 0.400. The quantitative estimate of drug-likeness (QED) is 0.677. The summed E-state index contributed by atoms with van der Waals surface area (Å²) in [5.41, 5.74) is 1.39. The van der Waals surface area contributed by atoms with Gasteiger partial charge < -0.3 is 15.0 Å². The number of halogens is 2. The molecule has 1 aliphatic rings. The molecule has 3 aromatic heterocycles. The molecule has 1 saturated heterocycles. The van der Waals surface area contributed by atoms with Crippen LogP contribution in [0.1, 0.15) is 20.8 Å². The Morgan fingerprint density at radius 3 is 2.83 bits per heavy atom. The van der Waals surface area contributed by atoms with Crippen LogP contribution in [0.25, 0.3) is 17.0 Å². The molecule has 4 rings (SSSR count). The summed E-state index contributed by atoms with van der Waals surface area (Å²) in [5, 5.41) is 3.43. The Labute approximate surface area is 178 Å². The number of ether oxygens (including phenoxy) is 1. The second-order valence-electron chi connectivity index (χ2n) is 8.14. The molecule has 3 aromatic rings. The van der Waals surface area contributed by atoms with Crippen molar-refractivity contribution in [1.29, 1.82) is 0 Å². The van der Waals surface area contributed by atoms with Crippen molar-refractivity contribution in [3.8, 4) is 11.4 Å². The Hall–Kier alpha value is -2.94. The van der Waals surface area contributed by atoms with Gasteiger partial charge in [-0.15, -0.1) is 0 Å². The number of amides is 1. The van der Waals surface area contributed by atoms with Gasteiger partial charge in [-0.2, -0.15) is 0 Å². The average molecular weight is 433 g/mol. The first-order valence-electron chi connectivity index (χ1n) is 9.54. The molecule has 2 atom stereocenters. The van der Waals surface area contributed by atoms with Gasteiger partial charge in [-0.25, -0.2) is 24.1 Å². The van der Waals surface area contributed by atoms with Crippen LogP contribution < -0.4 is 5.32 Å². The summed E-state index contributed by atoms with van der Waals surface area (Å²) < 4.78 is 21.7. The molecule has 1 N–H and O–H groups in total. The van der Waals surface area contributed by atoms with Crippen molar-refractivity contribution in [3.63, 3.8) is 0 Å². The van der Waals surface area contributed by atoms with Gasteiger partial charge in [-0.05, 0) is 32.9 Å². The lowest BCUT2D eigenvalue weighted by molar-refractivity contribution is 0.0283. The molecule has 30 heavy (non-hydrogen) atoms. The van der Waals surface area contributed by atoms with Gasteiger partial charge in [0.1, 0.15) is 22.7 Å². The van der Waals surface area contributed by atoms with Gasteiger partial charge in [0.2, 0.25) is 0 Å². The highest BCUT2D eigenvalue weighted by atomic mass is 35.5. The van der Waals surface area contributed by atoms with E-state index in [2.05, 4.69) is 20.3 Å². The maximum atomic E-state index is 14.6. The van der Waals surface area contributed by atoms with Crippen molar-refractivity contribution >= 4 is 29.2 Å². The number of aromatic nitrogens is 4. The molecule has 0 saturated carbocycles. The summed E-state index contributed by atoms with van der Waals surface area (Å²) in [6, 6.07) is 4.82. The molecule has 158 valence electrons. The van der Waals surface area contributed by atoms with Crippen molar-refractivity contribution in [1.82, 2.24) is 24.3 Å². The van der Waals surface area contributed by atoms with E-state index in [-0.39, 0.29) is 13.1 Å². The lowest BCUT2D eigenvalue weighted by atomic mass is 10.2. The Morgan fingerprint density at radius 1 is 1.27 bits per heavy atom. The van der Waals surface area contributed by atoms with Crippen LogP contribution in [0, 0.1) is 0 Å². The number of likely N-dealkylation sites (tertiary alicyclic amines) is 1. The molecule has 1 fully saturated rings. The fourth-order valence-corrected chi connectivity index (χ4v) is 3.42. The monoisotopic (exact) mass is 432 g/mol. The molecule has 0 radical (unpaired) electrons. The van der Waals surface area contributed by atoms with Crippen molar-refractivity contribution in [2.45, 2.75) is 38.6 Å². The first kappa shape index (κ1) is 20.3. The number of nitrogens with one attached hydrogen (secondary N) is 1. The number of carbonyl (C=O) groups is 1. The van der Waals surface area contributed by atoms with E-state index in [9.17, 15) is 9.18 Å². The van der Waals surface area contributed by atoms with Gasteiger partial charge in [0.25, 0.3) is 0 Å². The molecule has 0 unspecified atom stereocenters. The number of nitrogens with zero attached hydrogens (tertiary/aromatic N) is 5. The zero-order valence-electron chi connectivity index (χ0n) is 16.8. The highest BCUT2D eigenvalue weighted by Crippen LogP contribution is 2.24. The Balaban J connectivity index is 1.51. The first-order chi connectivity index (χ1) is 14.2. The Morgan fingerprint density at radius 2 is 2.07 bits per heavy atom. The van der Waals surface area contributed by atoms with E-state index in [1.807, 2.05) is 12.1 Å². The van der Waals surface area contributed by atoms with Crippen LogP contribution in [0.15, 0.2) is 36.8 Å². The number of imidazole rings is 1. The molecule has 8 nitrogen and oxygen atoms in total. The zero-order valence-corrected chi connectivity index (χ0v) is 17.6. The lowest BCUT2D eigenvalue weighted by Gasteiger charge is -2.24. The topological polar surface area (TPSA) is 84.6 Å². The molecule has 0 aliphatic carbocycles. The van der Waals surface area contributed by atoms with Gasteiger partial charge in [0.05, 0.1) is 36.4 Å². The minimum Gasteiger partial charge on any atom is -0.444 e. The second-order valence-corrected chi connectivity index (χ2v) is 8.53. The lowest BCUT2D eigenvalue weighted by Crippen LogP contribution is -2.36. The normalized spacial score (nSPS) is 19.3. The SMILES string of the molecule is CC(C)(C)OC(=O)N1C[C@H](Nc2cccc(-c3cnc4cnc(Cl)cn34)n2)[C@@H](F)C1. The van der Waals surface area contributed by atoms with E-state index in [4.69, 9.17) is 16.3 Å². The van der Waals surface area contributed by atoms with Crippen molar-refractivity contribution in [2.24, 2.45) is 0 Å². The molecular weight excluding hydrogens is 411 g/mol. The van der Waals surface area contributed by atoms with Crippen LogP contribution in [0.3, 0.4) is 0 Å². The molecular formula is C20H22ClFN6O2. The minimum atomic E-state index is -1.23. The van der Waals surface area contributed by atoms with Gasteiger partial charge in [-0.3, -0.25) is 4.40 Å². The van der Waals surface area contributed by atoms with Crippen LogP contribution in [-0.2, 0) is 4.74 Å². The number of pyridine rings is 1. The van der Waals surface area contributed by atoms with Crippen molar-refractivity contribution < 1.29 is 13.9 Å². The Bertz CT molecular complexity index is 1080. The van der Waals surface area contributed by atoms with E-state index in [0.29, 0.717) is 22.3 Å². The zero-order chi connectivity index (χ0) is 21.5. The maximum Gasteiger partial charge on any atom is 0.410 e. The second kappa shape index (κ2) is 7.71. The van der Waals surface area contributed by atoms with Crippen LogP contribution in [0.5, 0.6) is 0 Å². The van der Waals surface area contributed by atoms with Crippen LogP contribution in [0.4, 0.5) is 15.0 Å². The summed E-state index contributed by atoms with van der Waals surface area (Å²) in [6.45, 7) is 5.51. The number of fused-ring (bicyclic) bond motifs is 1. The fourth-order valence-electron chi connectivity index (χ4n) is 3.28. The molecule has 0 spiro atoms. The predicted octanol–water partition coefficient (Wildman–Crippen LogP) is 3.81. The smallest absolute Gasteiger partial charge is 0.410 e. The van der Waals surface area contributed by atoms with E-state index in [0.717, 1.165) is 5.69 Å². The number of hydrogen-bond donors (Lipinski definition) is 1. The number of anilines is 1. The van der Waals surface area contributed by atoms with E-state index >= 15 is 0 Å². The minimum absolute atomic E-state index is 0.0228. The van der Waals surface area contributed by atoms with Crippen molar-refractivity contribution in [2.75, 3.05) is 18.4 Å². The van der Waals surface area contributed by atoms with Gasteiger partial charge >= 0.3 is 6.09 Å². The van der Waals surface area contributed by atoms with Crippen LogP contribution in [-0.4, -0.2) is 61.2 Å². The Kier molecular flexibility index (Phi) is 5.23. The van der Waals surface area contributed by atoms with E-state index < -0.39 is 23.9 Å². The summed E-state index contributed by atoms with van der Waals surface area (Å²) in [7, 11) is 0. The predicted molar refractivity (Wildman–Crippen MR) is 111 cm³/mol. The largest absolute Gasteiger partial charge is 0.444 e. The number of alkyl halides is 1. The standard InChI is InChI=1S/C20H22ClFN6O2/c1-20(2,3)30-19(29)27-9-12(22)14(10-27)26-17-6-4-5-13(25-17)15-7-24-18-8-23-16(21)11-28(15)18/h4-8,11-12,14H,9-10H2,1-3H3,(H,25,26)/t12-,14-/m0/s1.